The van der Waals surface area contributed by atoms with Crippen LogP contribution in [-0.4, -0.2) is 31.9 Å². The Kier molecular flexibility index (Phi) is 3.29. The van der Waals surface area contributed by atoms with Crippen LogP contribution < -0.4 is 21.5 Å². The number of ether oxygens (including phenoxy) is 1. The summed E-state index contributed by atoms with van der Waals surface area (Å²) in [5.41, 5.74) is 12.2. The smallest absolute Gasteiger partial charge is 0.252 e. The number of amides is 1. The summed E-state index contributed by atoms with van der Waals surface area (Å²) in [5, 5.41) is 3.38. The molecule has 2 rings (SSSR count). The number of primary amides is 1. The van der Waals surface area contributed by atoms with Crippen molar-refractivity contribution in [2.24, 2.45) is 10.7 Å². The van der Waals surface area contributed by atoms with Gasteiger partial charge in [0.25, 0.3) is 5.91 Å². The quantitative estimate of drug-likeness (QED) is 0.690. The van der Waals surface area contributed by atoms with Crippen LogP contribution in [-0.2, 0) is 0 Å². The molecule has 5 N–H and O–H groups in total. The predicted octanol–water partition coefficient (Wildman–Crippen LogP) is 0.380. The van der Waals surface area contributed by atoms with Crippen molar-refractivity contribution in [3.63, 3.8) is 0 Å². The van der Waals surface area contributed by atoms with Crippen molar-refractivity contribution in [1.82, 2.24) is 5.32 Å². The number of nitrogen functional groups attached to an aromatic ring is 1. The number of nitrogens with two attached hydrogens (primary N) is 2. The maximum absolute atomic E-state index is 11.3. The van der Waals surface area contributed by atoms with Crippen molar-refractivity contribution in [1.29, 1.82) is 0 Å². The summed E-state index contributed by atoms with van der Waals surface area (Å²) >= 11 is 6.12. The number of amidine groups is 1. The van der Waals surface area contributed by atoms with Crippen molar-refractivity contribution in [2.75, 3.05) is 25.9 Å². The van der Waals surface area contributed by atoms with Crippen LogP contribution in [0.1, 0.15) is 15.9 Å². The molecule has 1 amide bonds. The van der Waals surface area contributed by atoms with Gasteiger partial charge in [0.1, 0.15) is 5.84 Å². The second-order valence-corrected chi connectivity index (χ2v) is 4.16. The van der Waals surface area contributed by atoms with E-state index in [9.17, 15) is 4.79 Å². The number of rotatable bonds is 3. The molecule has 0 spiro atoms. The molecule has 0 aliphatic carbocycles. The fraction of sp³-hybridized carbons (Fsp3) is 0.273. The van der Waals surface area contributed by atoms with Crippen LogP contribution in [0.5, 0.6) is 5.75 Å². The number of nitrogens with one attached hydrogen (secondary N) is 1. The second kappa shape index (κ2) is 4.73. The Morgan fingerprint density at radius 3 is 2.83 bits per heavy atom. The standard InChI is InChI=1S/C11H13ClN4O2/c1-18-9-5(10(14)17)4-6(12)7(8(9)13)11-15-2-3-16-11/h4H,2-3,13H2,1H3,(H2,14,17)(H,15,16). The number of benzene rings is 1. The molecule has 0 radical (unpaired) electrons. The zero-order chi connectivity index (χ0) is 13.3. The Labute approximate surface area is 109 Å². The van der Waals surface area contributed by atoms with Crippen LogP contribution in [0.25, 0.3) is 0 Å². The van der Waals surface area contributed by atoms with E-state index in [0.717, 1.165) is 6.54 Å². The van der Waals surface area contributed by atoms with Crippen molar-refractivity contribution in [2.45, 2.75) is 0 Å². The Hall–Kier alpha value is -1.95. The van der Waals surface area contributed by atoms with Crippen molar-refractivity contribution < 1.29 is 9.53 Å². The van der Waals surface area contributed by atoms with Gasteiger partial charge in [-0.1, -0.05) is 11.6 Å². The maximum Gasteiger partial charge on any atom is 0.252 e. The first-order chi connectivity index (χ1) is 8.56. The topological polar surface area (TPSA) is 103 Å². The van der Waals surface area contributed by atoms with E-state index in [1.165, 1.54) is 13.2 Å². The Bertz CT molecular complexity index is 542. The van der Waals surface area contributed by atoms with E-state index in [0.29, 0.717) is 23.0 Å². The Balaban J connectivity index is 2.65. The summed E-state index contributed by atoms with van der Waals surface area (Å²) in [7, 11) is 1.42. The molecule has 0 saturated carbocycles. The maximum atomic E-state index is 11.3. The van der Waals surface area contributed by atoms with Crippen LogP contribution in [0.3, 0.4) is 0 Å². The van der Waals surface area contributed by atoms with E-state index in [1.807, 2.05) is 0 Å². The molecule has 7 heteroatoms. The van der Waals surface area contributed by atoms with Crippen LogP contribution in [0.2, 0.25) is 5.02 Å². The van der Waals surface area contributed by atoms with E-state index in [2.05, 4.69) is 10.3 Å². The van der Waals surface area contributed by atoms with E-state index in [4.69, 9.17) is 27.8 Å². The minimum absolute atomic E-state index is 0.155. The van der Waals surface area contributed by atoms with Gasteiger partial charge >= 0.3 is 0 Å². The number of aliphatic imine (C=N–C) groups is 1. The van der Waals surface area contributed by atoms with Crippen LogP contribution >= 0.6 is 11.6 Å². The first kappa shape index (κ1) is 12.5. The molecule has 0 aromatic heterocycles. The molecule has 1 aromatic carbocycles. The Morgan fingerprint density at radius 1 is 1.61 bits per heavy atom. The highest BCUT2D eigenvalue weighted by Gasteiger charge is 2.23. The van der Waals surface area contributed by atoms with Gasteiger partial charge in [-0.05, 0) is 6.07 Å². The van der Waals surface area contributed by atoms with Gasteiger partial charge in [-0.3, -0.25) is 9.79 Å². The molecule has 1 heterocycles. The van der Waals surface area contributed by atoms with Gasteiger partial charge in [0, 0.05) is 6.54 Å². The molecule has 1 aliphatic rings. The molecule has 0 bridgehead atoms. The fourth-order valence-electron chi connectivity index (χ4n) is 1.86. The first-order valence-corrected chi connectivity index (χ1v) is 5.68. The van der Waals surface area contributed by atoms with E-state index in [-0.39, 0.29) is 17.0 Å². The number of methoxy groups -OCH3 is 1. The average molecular weight is 269 g/mol. The second-order valence-electron chi connectivity index (χ2n) is 3.75. The Morgan fingerprint density at radius 2 is 2.33 bits per heavy atom. The van der Waals surface area contributed by atoms with Gasteiger partial charge < -0.3 is 21.5 Å². The summed E-state index contributed by atoms with van der Waals surface area (Å²) in [6.07, 6.45) is 0. The van der Waals surface area contributed by atoms with Crippen LogP contribution in [0, 0.1) is 0 Å². The lowest BCUT2D eigenvalue weighted by atomic mass is 10.1. The number of anilines is 1. The molecule has 0 saturated heterocycles. The van der Waals surface area contributed by atoms with Crippen LogP contribution in [0.15, 0.2) is 11.1 Å². The highest BCUT2D eigenvalue weighted by atomic mass is 35.5. The molecule has 96 valence electrons. The number of hydrogen-bond acceptors (Lipinski definition) is 5. The third kappa shape index (κ3) is 1.95. The minimum Gasteiger partial charge on any atom is -0.494 e. The molecule has 6 nitrogen and oxygen atoms in total. The third-order valence-electron chi connectivity index (χ3n) is 2.65. The third-order valence-corrected chi connectivity index (χ3v) is 2.95. The lowest BCUT2D eigenvalue weighted by Crippen LogP contribution is -2.22. The lowest BCUT2D eigenvalue weighted by molar-refractivity contribution is 0.0997. The number of carbonyl (C=O) groups excluding carboxylic acids is 1. The first-order valence-electron chi connectivity index (χ1n) is 5.30. The van der Waals surface area contributed by atoms with Crippen molar-refractivity contribution >= 4 is 29.0 Å². The van der Waals surface area contributed by atoms with Gasteiger partial charge in [0.05, 0.1) is 35.5 Å². The molecular formula is C11H13ClN4O2. The molecular weight excluding hydrogens is 256 g/mol. The summed E-state index contributed by atoms with van der Waals surface area (Å²) in [6, 6.07) is 1.44. The zero-order valence-electron chi connectivity index (χ0n) is 9.79. The van der Waals surface area contributed by atoms with Gasteiger partial charge in [-0.25, -0.2) is 0 Å². The number of nitrogens with zero attached hydrogens (tertiary/aromatic N) is 1. The fourth-order valence-corrected chi connectivity index (χ4v) is 2.16. The molecule has 1 aliphatic heterocycles. The summed E-state index contributed by atoms with van der Waals surface area (Å²) < 4.78 is 5.13. The largest absolute Gasteiger partial charge is 0.494 e. The number of hydrogen-bond donors (Lipinski definition) is 3. The summed E-state index contributed by atoms with van der Waals surface area (Å²) in [5.74, 6) is 0.179. The average Bonchev–Trinajstić information content (AvgIpc) is 2.81. The summed E-state index contributed by atoms with van der Waals surface area (Å²) in [6.45, 7) is 1.38. The van der Waals surface area contributed by atoms with Gasteiger partial charge in [0.2, 0.25) is 0 Å². The predicted molar refractivity (Wildman–Crippen MR) is 70.3 cm³/mol. The van der Waals surface area contributed by atoms with Gasteiger partial charge in [-0.15, -0.1) is 0 Å². The SMILES string of the molecule is COc1c(C(N)=O)cc(Cl)c(C2=NCCN2)c1N. The molecule has 0 atom stereocenters. The normalized spacial score (nSPS) is 14.0. The summed E-state index contributed by atoms with van der Waals surface area (Å²) in [4.78, 5) is 15.5. The lowest BCUT2D eigenvalue weighted by Gasteiger charge is -2.15. The highest BCUT2D eigenvalue weighted by Crippen LogP contribution is 2.35. The van der Waals surface area contributed by atoms with Crippen molar-refractivity contribution in [3.8, 4) is 5.75 Å². The zero-order valence-corrected chi connectivity index (χ0v) is 10.5. The van der Waals surface area contributed by atoms with E-state index < -0.39 is 5.91 Å². The van der Waals surface area contributed by atoms with Crippen LogP contribution in [0.4, 0.5) is 5.69 Å². The van der Waals surface area contributed by atoms with Gasteiger partial charge in [-0.2, -0.15) is 0 Å². The monoisotopic (exact) mass is 268 g/mol. The minimum atomic E-state index is -0.645. The number of carbonyl (C=O) groups is 1. The van der Waals surface area contributed by atoms with E-state index >= 15 is 0 Å². The molecule has 18 heavy (non-hydrogen) atoms. The highest BCUT2D eigenvalue weighted by molar-refractivity contribution is 6.35. The molecule has 0 unspecified atom stereocenters. The van der Waals surface area contributed by atoms with Gasteiger partial charge in [0.15, 0.2) is 5.75 Å². The van der Waals surface area contributed by atoms with Crippen molar-refractivity contribution in [3.05, 3.63) is 22.2 Å². The molecule has 1 aromatic rings. The molecule has 0 fully saturated rings. The number of halogens is 1. The van der Waals surface area contributed by atoms with E-state index in [1.54, 1.807) is 0 Å².